The number of hydrogen-bond donors (Lipinski definition) is 2. The van der Waals surface area contributed by atoms with E-state index in [1.807, 2.05) is 13.8 Å². The molecule has 1 fully saturated rings. The summed E-state index contributed by atoms with van der Waals surface area (Å²) >= 11 is 0. The monoisotopic (exact) mass is 290 g/mol. The first kappa shape index (κ1) is 15.5. The number of ether oxygens (including phenoxy) is 1. The normalized spacial score (nSPS) is 18.3. The van der Waals surface area contributed by atoms with Crippen molar-refractivity contribution in [3.63, 3.8) is 0 Å². The fourth-order valence-electron chi connectivity index (χ4n) is 2.29. The highest BCUT2D eigenvalue weighted by atomic mass is 16.5. The summed E-state index contributed by atoms with van der Waals surface area (Å²) < 4.78 is 5.12. The number of carbonyl (C=O) groups excluding carboxylic acids is 2. The van der Waals surface area contributed by atoms with Crippen LogP contribution >= 0.6 is 0 Å². The Kier molecular flexibility index (Phi) is 5.33. The Morgan fingerprint density at radius 1 is 1.29 bits per heavy atom. The average molecular weight is 290 g/mol. The second-order valence-corrected chi connectivity index (χ2v) is 5.56. The van der Waals surface area contributed by atoms with Crippen LogP contribution in [0.15, 0.2) is 24.3 Å². The first-order valence-electron chi connectivity index (χ1n) is 7.39. The van der Waals surface area contributed by atoms with E-state index in [0.717, 1.165) is 25.9 Å². The van der Waals surface area contributed by atoms with Crippen molar-refractivity contribution < 1.29 is 14.3 Å². The summed E-state index contributed by atoms with van der Waals surface area (Å²) in [4.78, 5) is 23.8. The van der Waals surface area contributed by atoms with Crippen molar-refractivity contribution in [1.82, 2.24) is 5.32 Å². The third kappa shape index (κ3) is 4.56. The van der Waals surface area contributed by atoms with Crippen molar-refractivity contribution in [3.05, 3.63) is 29.8 Å². The molecule has 1 aromatic rings. The van der Waals surface area contributed by atoms with Gasteiger partial charge in [-0.15, -0.1) is 0 Å². The van der Waals surface area contributed by atoms with Gasteiger partial charge in [-0.1, -0.05) is 0 Å². The minimum absolute atomic E-state index is 0.0179. The van der Waals surface area contributed by atoms with Crippen molar-refractivity contribution in [2.45, 2.75) is 32.8 Å². The van der Waals surface area contributed by atoms with Crippen LogP contribution in [0.5, 0.6) is 0 Å². The van der Waals surface area contributed by atoms with E-state index in [0.29, 0.717) is 11.3 Å². The van der Waals surface area contributed by atoms with Crippen molar-refractivity contribution in [1.29, 1.82) is 0 Å². The van der Waals surface area contributed by atoms with E-state index in [9.17, 15) is 9.59 Å². The molecule has 21 heavy (non-hydrogen) atoms. The quantitative estimate of drug-likeness (QED) is 0.834. The summed E-state index contributed by atoms with van der Waals surface area (Å²) in [5, 5.41) is 6.11. The lowest BCUT2D eigenvalue weighted by Gasteiger charge is -2.21. The molecule has 0 bridgehead atoms. The van der Waals surface area contributed by atoms with Crippen LogP contribution in [0.1, 0.15) is 37.0 Å². The predicted molar refractivity (Wildman–Crippen MR) is 81.2 cm³/mol. The van der Waals surface area contributed by atoms with Gasteiger partial charge in [-0.25, -0.2) is 4.79 Å². The highest BCUT2D eigenvalue weighted by Gasteiger charge is 2.20. The molecule has 0 radical (unpaired) electrons. The molecule has 2 N–H and O–H groups in total. The van der Waals surface area contributed by atoms with Gasteiger partial charge in [0, 0.05) is 12.2 Å². The summed E-state index contributed by atoms with van der Waals surface area (Å²) in [5.41, 5.74) is 1.19. The molecule has 0 aromatic heterocycles. The highest BCUT2D eigenvalue weighted by Crippen LogP contribution is 2.15. The maximum absolute atomic E-state index is 12.1. The number of anilines is 1. The number of piperidine rings is 1. The van der Waals surface area contributed by atoms with E-state index in [2.05, 4.69) is 10.6 Å². The van der Waals surface area contributed by atoms with Gasteiger partial charge in [0.1, 0.15) is 0 Å². The molecule has 5 nitrogen and oxygen atoms in total. The summed E-state index contributed by atoms with van der Waals surface area (Å²) in [6, 6.07) is 6.79. The number of hydrogen-bond acceptors (Lipinski definition) is 4. The molecule has 1 saturated heterocycles. The van der Waals surface area contributed by atoms with E-state index in [4.69, 9.17) is 4.74 Å². The lowest BCUT2D eigenvalue weighted by molar-refractivity contribution is -0.120. The molecule has 1 aromatic carbocycles. The maximum atomic E-state index is 12.1. The molecular weight excluding hydrogens is 268 g/mol. The molecule has 1 aliphatic heterocycles. The first-order chi connectivity index (χ1) is 10.1. The number of amides is 1. The van der Waals surface area contributed by atoms with E-state index in [-0.39, 0.29) is 23.9 Å². The standard InChI is InChI=1S/C16H22N2O3/c1-11(2)21-16(20)12-5-7-14(8-6-12)18-15(19)13-4-3-9-17-10-13/h5-8,11,13,17H,3-4,9-10H2,1-2H3,(H,18,19)/t13-/m1/s1. The van der Waals surface area contributed by atoms with Gasteiger partial charge in [-0.05, 0) is 57.5 Å². The van der Waals surface area contributed by atoms with Crippen molar-refractivity contribution >= 4 is 17.6 Å². The van der Waals surface area contributed by atoms with Gasteiger partial charge < -0.3 is 15.4 Å². The molecule has 0 spiro atoms. The fraction of sp³-hybridized carbons (Fsp3) is 0.500. The number of benzene rings is 1. The molecule has 0 unspecified atom stereocenters. The molecular formula is C16H22N2O3. The van der Waals surface area contributed by atoms with E-state index in [1.165, 1.54) is 0 Å². The zero-order chi connectivity index (χ0) is 15.2. The van der Waals surface area contributed by atoms with Crippen LogP contribution in [0.2, 0.25) is 0 Å². The molecule has 1 amide bonds. The molecule has 2 rings (SSSR count). The van der Waals surface area contributed by atoms with Gasteiger partial charge in [0.25, 0.3) is 0 Å². The Hall–Kier alpha value is -1.88. The van der Waals surface area contributed by atoms with Crippen molar-refractivity contribution in [2.75, 3.05) is 18.4 Å². The fourth-order valence-corrected chi connectivity index (χ4v) is 2.29. The topological polar surface area (TPSA) is 67.4 Å². The zero-order valence-corrected chi connectivity index (χ0v) is 12.5. The second-order valence-electron chi connectivity index (χ2n) is 5.56. The smallest absolute Gasteiger partial charge is 0.338 e. The maximum Gasteiger partial charge on any atom is 0.338 e. The Morgan fingerprint density at radius 2 is 2.00 bits per heavy atom. The van der Waals surface area contributed by atoms with Crippen LogP contribution in [0.4, 0.5) is 5.69 Å². The molecule has 1 atom stereocenters. The van der Waals surface area contributed by atoms with E-state index in [1.54, 1.807) is 24.3 Å². The SMILES string of the molecule is CC(C)OC(=O)c1ccc(NC(=O)[C@@H]2CCCNC2)cc1. The van der Waals surface area contributed by atoms with Gasteiger partial charge in [0.2, 0.25) is 5.91 Å². The van der Waals surface area contributed by atoms with Gasteiger partial charge in [-0.2, -0.15) is 0 Å². The van der Waals surface area contributed by atoms with Gasteiger partial charge in [0.05, 0.1) is 17.6 Å². The minimum Gasteiger partial charge on any atom is -0.459 e. The van der Waals surface area contributed by atoms with E-state index < -0.39 is 0 Å². The van der Waals surface area contributed by atoms with Crippen molar-refractivity contribution in [2.24, 2.45) is 5.92 Å². The summed E-state index contributed by atoms with van der Waals surface area (Å²) in [6.45, 7) is 5.33. The average Bonchev–Trinajstić information content (AvgIpc) is 2.48. The minimum atomic E-state index is -0.348. The number of rotatable bonds is 4. The Balaban J connectivity index is 1.92. The summed E-state index contributed by atoms with van der Waals surface area (Å²) in [7, 11) is 0. The number of carbonyl (C=O) groups is 2. The molecule has 1 heterocycles. The van der Waals surface area contributed by atoms with Crippen LogP contribution in [0, 0.1) is 5.92 Å². The number of esters is 1. The van der Waals surface area contributed by atoms with Gasteiger partial charge in [0.15, 0.2) is 0 Å². The lowest BCUT2D eigenvalue weighted by Crippen LogP contribution is -2.37. The second kappa shape index (κ2) is 7.22. The van der Waals surface area contributed by atoms with Crippen LogP contribution in [0.25, 0.3) is 0 Å². The molecule has 5 heteroatoms. The lowest BCUT2D eigenvalue weighted by atomic mass is 9.99. The Bertz CT molecular complexity index is 491. The largest absolute Gasteiger partial charge is 0.459 e. The Morgan fingerprint density at radius 3 is 2.57 bits per heavy atom. The van der Waals surface area contributed by atoms with Crippen LogP contribution in [-0.4, -0.2) is 31.1 Å². The van der Waals surface area contributed by atoms with Gasteiger partial charge >= 0.3 is 5.97 Å². The van der Waals surface area contributed by atoms with Crippen LogP contribution in [-0.2, 0) is 9.53 Å². The van der Waals surface area contributed by atoms with Crippen LogP contribution < -0.4 is 10.6 Å². The predicted octanol–water partition coefficient (Wildman–Crippen LogP) is 2.19. The van der Waals surface area contributed by atoms with Crippen LogP contribution in [0.3, 0.4) is 0 Å². The van der Waals surface area contributed by atoms with Crippen molar-refractivity contribution in [3.8, 4) is 0 Å². The summed E-state index contributed by atoms with van der Waals surface area (Å²) in [5.74, 6) is -0.302. The molecule has 0 saturated carbocycles. The third-order valence-corrected chi connectivity index (χ3v) is 3.40. The Labute approximate surface area is 125 Å². The molecule has 114 valence electrons. The number of nitrogens with one attached hydrogen (secondary N) is 2. The summed E-state index contributed by atoms with van der Waals surface area (Å²) in [6.07, 6.45) is 1.80. The third-order valence-electron chi connectivity index (χ3n) is 3.40. The van der Waals surface area contributed by atoms with Gasteiger partial charge in [-0.3, -0.25) is 4.79 Å². The molecule has 0 aliphatic carbocycles. The zero-order valence-electron chi connectivity index (χ0n) is 12.5. The first-order valence-corrected chi connectivity index (χ1v) is 7.39. The highest BCUT2D eigenvalue weighted by molar-refractivity contribution is 5.94. The molecule has 1 aliphatic rings. The van der Waals surface area contributed by atoms with E-state index >= 15 is 0 Å².